The molecule has 0 fully saturated rings. The number of carbonyl (C=O) groups is 1. The van der Waals surface area contributed by atoms with Crippen LogP contribution >= 0.6 is 0 Å². The highest BCUT2D eigenvalue weighted by Gasteiger charge is 2.44. The first-order chi connectivity index (χ1) is 11.2. The Bertz CT molecular complexity index is 669. The number of aliphatic hydroxyl groups excluding tert-OH is 3. The molecule has 1 heterocycles. The number of aromatic hydroxyl groups is 1. The molecule has 1 aromatic carbocycles. The van der Waals surface area contributed by atoms with Gasteiger partial charge in [0.1, 0.15) is 23.7 Å². The molecule has 6 N–H and O–H groups in total. The van der Waals surface area contributed by atoms with E-state index in [2.05, 4.69) is 5.32 Å². The molecule has 0 bridgehead atoms. The lowest BCUT2D eigenvalue weighted by Gasteiger charge is -2.38. The van der Waals surface area contributed by atoms with Gasteiger partial charge < -0.3 is 40.3 Å². The maximum Gasteiger partial charge on any atom is 0.255 e. The van der Waals surface area contributed by atoms with Crippen LogP contribution in [0.15, 0.2) is 29.7 Å². The Kier molecular flexibility index (Phi) is 4.99. The summed E-state index contributed by atoms with van der Waals surface area (Å²) in [5, 5.41) is 50.9. The maximum absolute atomic E-state index is 12.3. The van der Waals surface area contributed by atoms with Crippen LogP contribution < -0.4 is 10.1 Å². The van der Waals surface area contributed by atoms with E-state index < -0.39 is 42.0 Å². The van der Waals surface area contributed by atoms with Gasteiger partial charge in [-0.15, -0.1) is 0 Å². The fourth-order valence-corrected chi connectivity index (χ4v) is 2.30. The predicted octanol–water partition coefficient (Wildman–Crippen LogP) is -0.639. The van der Waals surface area contributed by atoms with Gasteiger partial charge in [0, 0.05) is 5.56 Å². The van der Waals surface area contributed by atoms with Crippen molar-refractivity contribution in [2.45, 2.75) is 24.9 Å². The summed E-state index contributed by atoms with van der Waals surface area (Å²) < 4.78 is 9.98. The monoisotopic (exact) mass is 341 g/mol. The molecule has 1 aromatic rings. The van der Waals surface area contributed by atoms with Crippen molar-refractivity contribution in [3.63, 3.8) is 0 Å². The number of hydrogen-bond donors (Lipinski definition) is 6. The molecule has 2 unspecified atom stereocenters. The van der Waals surface area contributed by atoms with Crippen molar-refractivity contribution in [1.82, 2.24) is 5.32 Å². The van der Waals surface area contributed by atoms with Crippen molar-refractivity contribution >= 4 is 5.91 Å². The van der Waals surface area contributed by atoms with Gasteiger partial charge in [0.25, 0.3) is 5.91 Å². The van der Waals surface area contributed by atoms with Gasteiger partial charge in [0.15, 0.2) is 11.5 Å². The zero-order chi connectivity index (χ0) is 18.1. The first-order valence-electron chi connectivity index (χ1n) is 7.02. The van der Waals surface area contributed by atoms with Crippen molar-refractivity contribution in [3.05, 3.63) is 35.2 Å². The van der Waals surface area contributed by atoms with Crippen molar-refractivity contribution < 1.29 is 39.8 Å². The third-order valence-electron chi connectivity index (χ3n) is 3.59. The topological polar surface area (TPSA) is 149 Å². The summed E-state index contributed by atoms with van der Waals surface area (Å²) in [7, 11) is 1.32. The number of methoxy groups -OCH3 is 1. The van der Waals surface area contributed by atoms with E-state index in [-0.39, 0.29) is 17.1 Å². The highest BCUT2D eigenvalue weighted by molar-refractivity contribution is 5.96. The highest BCUT2D eigenvalue weighted by atomic mass is 16.6. The van der Waals surface area contributed by atoms with E-state index in [1.807, 2.05) is 0 Å². The van der Waals surface area contributed by atoms with Gasteiger partial charge in [-0.05, 0) is 25.1 Å². The molecule has 132 valence electrons. The number of carbonyl (C=O) groups excluding carboxylic acids is 1. The average molecular weight is 341 g/mol. The van der Waals surface area contributed by atoms with Crippen molar-refractivity contribution in [2.75, 3.05) is 13.7 Å². The van der Waals surface area contributed by atoms with Crippen LogP contribution in [0.1, 0.15) is 17.3 Å². The summed E-state index contributed by atoms with van der Waals surface area (Å²) in [6, 6.07) is 3.80. The Hall–Kier alpha value is -2.33. The summed E-state index contributed by atoms with van der Waals surface area (Å²) in [5.41, 5.74) is -0.378. The van der Waals surface area contributed by atoms with Gasteiger partial charge in [-0.25, -0.2) is 0 Å². The van der Waals surface area contributed by atoms with Gasteiger partial charge in [-0.3, -0.25) is 4.79 Å². The highest BCUT2D eigenvalue weighted by Crippen LogP contribution is 2.31. The van der Waals surface area contributed by atoms with E-state index in [9.17, 15) is 25.2 Å². The fourth-order valence-electron chi connectivity index (χ4n) is 2.30. The number of aliphatic hydroxyl groups is 4. The zero-order valence-corrected chi connectivity index (χ0v) is 13.1. The van der Waals surface area contributed by atoms with Crippen LogP contribution in [0, 0.1) is 0 Å². The minimum atomic E-state index is -2.13. The van der Waals surface area contributed by atoms with E-state index in [1.54, 1.807) is 0 Å². The molecule has 0 saturated heterocycles. The molecule has 9 nitrogen and oxygen atoms in total. The molecule has 1 amide bonds. The third-order valence-corrected chi connectivity index (χ3v) is 3.59. The molecular formula is C15H19NO8. The van der Waals surface area contributed by atoms with Crippen LogP contribution in [-0.4, -0.2) is 63.2 Å². The van der Waals surface area contributed by atoms with Gasteiger partial charge >= 0.3 is 0 Å². The van der Waals surface area contributed by atoms with Crippen LogP contribution in [-0.2, 0) is 4.74 Å². The smallest absolute Gasteiger partial charge is 0.255 e. The minimum absolute atomic E-state index is 0.0629. The number of phenolic OH excluding ortho intramolecular Hbond substituents is 1. The van der Waals surface area contributed by atoms with Crippen molar-refractivity contribution in [2.24, 2.45) is 0 Å². The number of hydrogen-bond acceptors (Lipinski definition) is 8. The summed E-state index contributed by atoms with van der Waals surface area (Å²) in [4.78, 5) is 12.3. The van der Waals surface area contributed by atoms with E-state index >= 15 is 0 Å². The Morgan fingerprint density at radius 3 is 2.67 bits per heavy atom. The van der Waals surface area contributed by atoms with Crippen LogP contribution in [0.2, 0.25) is 0 Å². The summed E-state index contributed by atoms with van der Waals surface area (Å²) in [6.07, 6.45) is -2.85. The van der Waals surface area contributed by atoms with Crippen LogP contribution in [0.5, 0.6) is 11.5 Å². The first kappa shape index (κ1) is 18.0. The van der Waals surface area contributed by atoms with E-state index in [1.165, 1.54) is 25.3 Å². The Morgan fingerprint density at radius 2 is 2.08 bits per heavy atom. The van der Waals surface area contributed by atoms with Crippen LogP contribution in [0.3, 0.4) is 0 Å². The lowest BCUT2D eigenvalue weighted by Crippen LogP contribution is -2.53. The van der Waals surface area contributed by atoms with Gasteiger partial charge in [-0.1, -0.05) is 0 Å². The normalized spacial score (nSPS) is 27.0. The number of nitrogens with one attached hydrogen (secondary N) is 1. The molecule has 0 aliphatic carbocycles. The Balaban J connectivity index is 2.31. The molecule has 3 atom stereocenters. The minimum Gasteiger partial charge on any atom is -0.507 e. The second-order valence-corrected chi connectivity index (χ2v) is 5.37. The van der Waals surface area contributed by atoms with Gasteiger partial charge in [0.2, 0.25) is 5.79 Å². The quantitative estimate of drug-likeness (QED) is 0.423. The second-order valence-electron chi connectivity index (χ2n) is 5.37. The zero-order valence-electron chi connectivity index (χ0n) is 13.1. The molecule has 0 aromatic heterocycles. The van der Waals surface area contributed by atoms with E-state index in [0.29, 0.717) is 0 Å². The molecular weight excluding hydrogens is 322 g/mol. The van der Waals surface area contributed by atoms with Crippen LogP contribution in [0.4, 0.5) is 0 Å². The second kappa shape index (κ2) is 6.65. The number of ether oxygens (including phenoxy) is 2. The molecule has 2 rings (SSSR count). The number of amides is 1. The Morgan fingerprint density at radius 1 is 1.42 bits per heavy atom. The van der Waals surface area contributed by atoms with Gasteiger partial charge in [0.05, 0.1) is 13.7 Å². The first-order valence-corrected chi connectivity index (χ1v) is 7.02. The largest absolute Gasteiger partial charge is 0.507 e. The standard InChI is InChI=1S/C15H19NO8/c1-15(22)13(12(20)11(19)10(6-17)24-15)16-14(21)7-3-4-8(18)9(5-7)23-2/h3-5,10-11,17-20,22H,6H2,1-2H3,(H,16,21)/t10?,11-,15?/m1/s1. The van der Waals surface area contributed by atoms with Crippen LogP contribution in [0.25, 0.3) is 0 Å². The summed E-state index contributed by atoms with van der Waals surface area (Å²) >= 11 is 0. The molecule has 0 radical (unpaired) electrons. The third kappa shape index (κ3) is 3.29. The number of benzene rings is 1. The molecule has 0 saturated carbocycles. The maximum atomic E-state index is 12.3. The van der Waals surface area contributed by atoms with E-state index in [4.69, 9.17) is 14.6 Å². The van der Waals surface area contributed by atoms with Crippen molar-refractivity contribution in [3.8, 4) is 11.5 Å². The molecule has 1 aliphatic rings. The fraction of sp³-hybridized carbons (Fsp3) is 0.400. The average Bonchev–Trinajstić information content (AvgIpc) is 2.55. The van der Waals surface area contributed by atoms with Gasteiger partial charge in [-0.2, -0.15) is 0 Å². The van der Waals surface area contributed by atoms with E-state index in [0.717, 1.165) is 6.92 Å². The number of rotatable bonds is 4. The predicted molar refractivity (Wildman–Crippen MR) is 80.4 cm³/mol. The molecule has 24 heavy (non-hydrogen) atoms. The Labute approximate surface area is 137 Å². The molecule has 9 heteroatoms. The van der Waals surface area contributed by atoms with Crippen molar-refractivity contribution in [1.29, 1.82) is 0 Å². The summed E-state index contributed by atoms with van der Waals surface area (Å²) in [6.45, 7) is 0.503. The summed E-state index contributed by atoms with van der Waals surface area (Å²) in [5.74, 6) is -3.69. The number of phenols is 1. The molecule has 0 spiro atoms. The molecule has 1 aliphatic heterocycles. The lowest BCUT2D eigenvalue weighted by molar-refractivity contribution is -0.236. The SMILES string of the molecule is COc1cc(C(=O)NC2=C(O)[C@H](O)C(CO)OC2(C)O)ccc1O. The lowest BCUT2D eigenvalue weighted by atomic mass is 10.0.